The minimum atomic E-state index is -1.80. The summed E-state index contributed by atoms with van der Waals surface area (Å²) in [5, 5.41) is 21.7. The smallest absolute Gasteiger partial charge is 0.272 e. The van der Waals surface area contributed by atoms with Gasteiger partial charge in [-0.3, -0.25) is 9.48 Å². The first-order valence-electron chi connectivity index (χ1n) is 16.6. The number of carbonyl (C=O) groups is 1. The second kappa shape index (κ2) is 14.2. The molecule has 0 unspecified atom stereocenters. The zero-order chi connectivity index (χ0) is 32.9. The Bertz CT molecular complexity index is 1590. The van der Waals surface area contributed by atoms with Crippen LogP contribution in [0.3, 0.4) is 0 Å². The Hall–Kier alpha value is -4.01. The molecule has 10 nitrogen and oxygen atoms in total. The predicted molar refractivity (Wildman–Crippen MR) is 187 cm³/mol. The van der Waals surface area contributed by atoms with Crippen molar-refractivity contribution in [3.8, 4) is 17.3 Å². The highest BCUT2D eigenvalue weighted by atomic mass is 28.4. The zero-order valence-corrected chi connectivity index (χ0v) is 29.0. The lowest BCUT2D eigenvalue weighted by Crippen LogP contribution is -2.41. The number of hydrogen-bond donors (Lipinski definition) is 2. The van der Waals surface area contributed by atoms with Crippen LogP contribution in [0.4, 0.5) is 17.5 Å². The van der Waals surface area contributed by atoms with Gasteiger partial charge < -0.3 is 20.0 Å². The molecular weight excluding hydrogens is 593 g/mol. The minimum absolute atomic E-state index is 0.0393. The molecule has 244 valence electrons. The summed E-state index contributed by atoms with van der Waals surface area (Å²) in [5.41, 5.74) is 4.17. The van der Waals surface area contributed by atoms with Crippen molar-refractivity contribution in [2.45, 2.75) is 89.9 Å². The molecule has 0 spiro atoms. The number of hydrogen-bond acceptors (Lipinski definition) is 8. The lowest BCUT2D eigenvalue weighted by Gasteiger charge is -2.36. The van der Waals surface area contributed by atoms with Gasteiger partial charge in [0, 0.05) is 44.1 Å². The van der Waals surface area contributed by atoms with E-state index in [9.17, 15) is 10.1 Å². The van der Waals surface area contributed by atoms with Crippen LogP contribution in [-0.4, -0.2) is 65.1 Å². The quantitative estimate of drug-likeness (QED) is 0.152. The molecule has 1 amide bonds. The molecule has 0 bridgehead atoms. The van der Waals surface area contributed by atoms with Crippen molar-refractivity contribution in [2.75, 3.05) is 36.9 Å². The van der Waals surface area contributed by atoms with E-state index in [1.165, 1.54) is 0 Å². The summed E-state index contributed by atoms with van der Waals surface area (Å²) >= 11 is 0. The van der Waals surface area contributed by atoms with Gasteiger partial charge in [0.05, 0.1) is 23.0 Å². The number of likely N-dealkylation sites (tertiary alicyclic amines) is 1. The summed E-state index contributed by atoms with van der Waals surface area (Å²) in [5.74, 6) is 0.960. The molecule has 1 aliphatic carbocycles. The summed E-state index contributed by atoms with van der Waals surface area (Å²) in [7, 11) is -1.80. The SMILES string of the molecule is C=Cc1cc(-c2ccnc(Nc3cc(C(=O)N4CCCC4)n(C4CCCC4)n3)n2)cc(C#N)c1NCCCO[Si](C)(C)C(C)(C)C. The molecule has 2 fully saturated rings. The third-order valence-corrected chi connectivity index (χ3v) is 14.1. The highest BCUT2D eigenvalue weighted by Gasteiger charge is 2.36. The van der Waals surface area contributed by atoms with E-state index in [1.54, 1.807) is 12.3 Å². The molecule has 1 aromatic carbocycles. The molecule has 1 aliphatic heterocycles. The Balaban J connectivity index is 1.32. The maximum atomic E-state index is 13.4. The van der Waals surface area contributed by atoms with E-state index in [4.69, 9.17) is 14.5 Å². The topological polar surface area (TPSA) is 121 Å². The van der Waals surface area contributed by atoms with E-state index in [0.29, 0.717) is 41.9 Å². The van der Waals surface area contributed by atoms with E-state index in [1.807, 2.05) is 33.8 Å². The number of nitriles is 1. The number of carbonyl (C=O) groups excluding carboxylic acids is 1. The lowest BCUT2D eigenvalue weighted by atomic mass is 10.0. The monoisotopic (exact) mass is 640 g/mol. The van der Waals surface area contributed by atoms with Gasteiger partial charge in [-0.05, 0) is 74.0 Å². The Kier molecular flexibility index (Phi) is 10.3. The fourth-order valence-corrected chi connectivity index (χ4v) is 6.99. The lowest BCUT2D eigenvalue weighted by molar-refractivity contribution is 0.0777. The standard InChI is InChI=1S/C35H48N8O2Si/c1-7-25-21-26(22-27(24-36)32(25)37-16-12-20-45-46(5,6)35(2,3)4)29-15-17-38-34(39-29)40-31-23-30(33(44)42-18-10-11-19-42)43(41-31)28-13-8-9-14-28/h7,15,17,21-23,28,37H,1,8-14,16,18-20H2,2-6H3,(H,38,39,40,41). The van der Waals surface area contributed by atoms with Crippen LogP contribution in [0.25, 0.3) is 17.3 Å². The minimum Gasteiger partial charge on any atom is -0.417 e. The highest BCUT2D eigenvalue weighted by Crippen LogP contribution is 2.37. The number of aromatic nitrogens is 4. The number of benzene rings is 1. The number of anilines is 3. The molecule has 3 heterocycles. The van der Waals surface area contributed by atoms with Gasteiger partial charge in [-0.15, -0.1) is 0 Å². The molecule has 5 rings (SSSR count). The summed E-state index contributed by atoms with van der Waals surface area (Å²) in [6.07, 6.45) is 10.7. The molecule has 2 aliphatic rings. The Labute approximate surface area is 274 Å². The van der Waals surface area contributed by atoms with Gasteiger partial charge in [-0.2, -0.15) is 10.4 Å². The third-order valence-electron chi connectivity index (χ3n) is 9.61. The van der Waals surface area contributed by atoms with Crippen molar-refractivity contribution in [2.24, 2.45) is 0 Å². The van der Waals surface area contributed by atoms with Gasteiger partial charge in [0.1, 0.15) is 11.8 Å². The average Bonchev–Trinajstić information content (AvgIpc) is 3.82. The molecule has 11 heteroatoms. The molecule has 2 N–H and O–H groups in total. The van der Waals surface area contributed by atoms with Crippen LogP contribution in [0.2, 0.25) is 18.1 Å². The van der Waals surface area contributed by atoms with Crippen molar-refractivity contribution in [1.29, 1.82) is 5.26 Å². The molecule has 1 saturated heterocycles. The first-order chi connectivity index (χ1) is 22.0. The number of nitrogens with one attached hydrogen (secondary N) is 2. The van der Waals surface area contributed by atoms with Crippen LogP contribution < -0.4 is 10.6 Å². The largest absolute Gasteiger partial charge is 0.417 e. The van der Waals surface area contributed by atoms with E-state index in [-0.39, 0.29) is 17.0 Å². The van der Waals surface area contributed by atoms with E-state index in [2.05, 4.69) is 62.1 Å². The normalized spacial score (nSPS) is 15.6. The fraction of sp³-hybridized carbons (Fsp3) is 0.514. The molecule has 0 radical (unpaired) electrons. The molecule has 1 saturated carbocycles. The van der Waals surface area contributed by atoms with Crippen LogP contribution in [0, 0.1) is 11.3 Å². The third kappa shape index (κ3) is 7.51. The molecule has 3 aromatic rings. The average molecular weight is 641 g/mol. The van der Waals surface area contributed by atoms with Gasteiger partial charge in [0.15, 0.2) is 14.1 Å². The van der Waals surface area contributed by atoms with Crippen LogP contribution >= 0.6 is 0 Å². The fourth-order valence-electron chi connectivity index (χ4n) is 5.91. The van der Waals surface area contributed by atoms with Crippen molar-refractivity contribution >= 4 is 37.8 Å². The van der Waals surface area contributed by atoms with Crippen molar-refractivity contribution in [3.05, 3.63) is 53.9 Å². The highest BCUT2D eigenvalue weighted by molar-refractivity contribution is 6.74. The van der Waals surface area contributed by atoms with Gasteiger partial charge in [0.2, 0.25) is 5.95 Å². The van der Waals surface area contributed by atoms with Gasteiger partial charge >= 0.3 is 0 Å². The van der Waals surface area contributed by atoms with Crippen molar-refractivity contribution in [1.82, 2.24) is 24.6 Å². The van der Waals surface area contributed by atoms with Crippen LogP contribution in [0.1, 0.15) is 93.4 Å². The summed E-state index contributed by atoms with van der Waals surface area (Å²) < 4.78 is 8.23. The van der Waals surface area contributed by atoms with Crippen molar-refractivity contribution in [3.63, 3.8) is 0 Å². The van der Waals surface area contributed by atoms with Crippen LogP contribution in [0.5, 0.6) is 0 Å². The number of nitrogens with zero attached hydrogens (tertiary/aromatic N) is 6. The van der Waals surface area contributed by atoms with Gasteiger partial charge in [-0.1, -0.05) is 46.3 Å². The van der Waals surface area contributed by atoms with E-state index in [0.717, 1.165) is 74.8 Å². The summed E-state index contributed by atoms with van der Waals surface area (Å²) in [6.45, 7) is 18.2. The first kappa shape index (κ1) is 33.4. The summed E-state index contributed by atoms with van der Waals surface area (Å²) in [6, 6.07) is 10.0. The maximum Gasteiger partial charge on any atom is 0.272 e. The second-order valence-electron chi connectivity index (χ2n) is 13.9. The molecular formula is C35H48N8O2Si. The van der Waals surface area contributed by atoms with Gasteiger partial charge in [-0.25, -0.2) is 9.97 Å². The van der Waals surface area contributed by atoms with Crippen LogP contribution in [-0.2, 0) is 4.43 Å². The van der Waals surface area contributed by atoms with Crippen LogP contribution in [0.15, 0.2) is 37.0 Å². The molecule has 46 heavy (non-hydrogen) atoms. The summed E-state index contributed by atoms with van der Waals surface area (Å²) in [4.78, 5) is 24.5. The predicted octanol–water partition coefficient (Wildman–Crippen LogP) is 7.77. The van der Waals surface area contributed by atoms with Gasteiger partial charge in [0.25, 0.3) is 5.91 Å². The Morgan fingerprint density at radius 1 is 1.17 bits per heavy atom. The Morgan fingerprint density at radius 2 is 1.91 bits per heavy atom. The number of amides is 1. The van der Waals surface area contributed by atoms with E-state index < -0.39 is 8.32 Å². The second-order valence-corrected chi connectivity index (χ2v) is 18.7. The maximum absolute atomic E-state index is 13.4. The van der Waals surface area contributed by atoms with Crippen molar-refractivity contribution < 1.29 is 9.22 Å². The first-order valence-corrected chi connectivity index (χ1v) is 19.5. The number of rotatable bonds is 12. The molecule has 0 atom stereocenters. The Morgan fingerprint density at radius 3 is 2.59 bits per heavy atom. The molecule has 2 aromatic heterocycles. The zero-order valence-electron chi connectivity index (χ0n) is 28.0. The van der Waals surface area contributed by atoms with E-state index >= 15 is 0 Å².